The van der Waals surface area contributed by atoms with E-state index in [0.29, 0.717) is 27.4 Å². The number of carbonyl (C=O) groups is 1. The fourth-order valence-electron chi connectivity index (χ4n) is 1.99. The van der Waals surface area contributed by atoms with Gasteiger partial charge in [0.1, 0.15) is 12.4 Å². The molecule has 1 aromatic heterocycles. The summed E-state index contributed by atoms with van der Waals surface area (Å²) in [6, 6.07) is 2.85. The molecule has 0 aliphatic heterocycles. The van der Waals surface area contributed by atoms with Crippen LogP contribution in [0, 0.1) is 0 Å². The second-order valence-electron chi connectivity index (χ2n) is 4.74. The van der Waals surface area contributed by atoms with Crippen LogP contribution in [0.2, 0.25) is 15.1 Å². The van der Waals surface area contributed by atoms with E-state index in [0.717, 1.165) is 18.7 Å². The number of hydrogen-bond donors (Lipinski definition) is 1. The summed E-state index contributed by atoms with van der Waals surface area (Å²) in [5, 5.41) is 3.84. The van der Waals surface area contributed by atoms with Gasteiger partial charge in [0.05, 0.1) is 16.6 Å². The topological polar surface area (TPSA) is 56.2 Å². The van der Waals surface area contributed by atoms with Crippen molar-refractivity contribution >= 4 is 40.8 Å². The molecule has 0 bridgehead atoms. The molecule has 11 heteroatoms. The van der Waals surface area contributed by atoms with Crippen molar-refractivity contribution < 1.29 is 51.4 Å². The molecule has 0 saturated heterocycles. The van der Waals surface area contributed by atoms with Crippen molar-refractivity contribution in [3.05, 3.63) is 45.4 Å². The molecule has 1 radical (unpaired) electrons. The molecule has 145 valence electrons. The Bertz CT molecular complexity index is 677. The molecule has 0 aliphatic carbocycles. The molecule has 2 rings (SSSR count). The van der Waals surface area contributed by atoms with E-state index in [1.54, 1.807) is 24.5 Å². The third-order valence-electron chi connectivity index (χ3n) is 3.00. The van der Waals surface area contributed by atoms with Gasteiger partial charge in [-0.15, -0.1) is 0 Å². The summed E-state index contributed by atoms with van der Waals surface area (Å²) in [4.78, 5) is 16.2. The fraction of sp³-hybridized carbons (Fsp3) is 0.333. The molecule has 26 heavy (non-hydrogen) atoms. The van der Waals surface area contributed by atoms with Gasteiger partial charge in [0.15, 0.2) is 5.75 Å². The number of aromatic nitrogens is 2. The first kappa shape index (κ1) is 27.9. The molecule has 1 heterocycles. The standard InChI is InChI=1S/C15H16Cl3N3O2.2ClH.Mn/c1-2-3-13-19-4-6-21(13)15(22)20-5-7-23-14-11(17)8-10(16)9-12(14)18;;;/h4,6,8-9H,2-3,5,7H2,1H3,(H,20,22);2*1H;/q;;;+2/p-2. The zero-order valence-corrected chi connectivity index (χ0v) is 18.6. The third kappa shape index (κ3) is 7.73. The van der Waals surface area contributed by atoms with Crippen molar-refractivity contribution in [1.82, 2.24) is 14.9 Å². The average Bonchev–Trinajstić information content (AvgIpc) is 2.94. The molecule has 1 N–H and O–H groups in total. The van der Waals surface area contributed by atoms with Gasteiger partial charge in [-0.05, 0) is 18.6 Å². The molecule has 0 saturated carbocycles. The van der Waals surface area contributed by atoms with Crippen molar-refractivity contribution in [2.45, 2.75) is 19.8 Å². The number of carbonyl (C=O) groups excluding carboxylic acids is 1. The quantitative estimate of drug-likeness (QED) is 0.384. The van der Waals surface area contributed by atoms with E-state index in [1.165, 1.54) is 4.57 Å². The van der Waals surface area contributed by atoms with Crippen LogP contribution in [-0.4, -0.2) is 28.7 Å². The zero-order valence-electron chi connectivity index (χ0n) is 13.6. The smallest absolute Gasteiger partial charge is 1.00 e. The van der Waals surface area contributed by atoms with Crippen LogP contribution in [0.1, 0.15) is 19.2 Å². The summed E-state index contributed by atoms with van der Waals surface area (Å²) in [5.74, 6) is 1.08. The van der Waals surface area contributed by atoms with Crippen LogP contribution >= 0.6 is 34.8 Å². The van der Waals surface area contributed by atoms with Gasteiger partial charge in [-0.25, -0.2) is 9.78 Å². The number of amides is 1. The number of benzene rings is 1. The fourth-order valence-corrected chi connectivity index (χ4v) is 2.92. The number of imidazole rings is 1. The van der Waals surface area contributed by atoms with Gasteiger partial charge in [-0.2, -0.15) is 0 Å². The number of ether oxygens (including phenoxy) is 1. The molecule has 5 nitrogen and oxygen atoms in total. The summed E-state index contributed by atoms with van der Waals surface area (Å²) in [6.45, 7) is 2.56. The Balaban J connectivity index is 0. The number of nitrogens with one attached hydrogen (secondary N) is 1. The van der Waals surface area contributed by atoms with E-state index in [4.69, 9.17) is 39.5 Å². The third-order valence-corrected chi connectivity index (χ3v) is 3.78. The Morgan fingerprint density at radius 2 is 1.85 bits per heavy atom. The number of nitrogens with zero attached hydrogens (tertiary/aromatic N) is 2. The van der Waals surface area contributed by atoms with Crippen LogP contribution in [0.25, 0.3) is 0 Å². The molecule has 1 amide bonds. The summed E-state index contributed by atoms with van der Waals surface area (Å²) in [7, 11) is 0. The Morgan fingerprint density at radius 3 is 2.42 bits per heavy atom. The van der Waals surface area contributed by atoms with E-state index < -0.39 is 0 Å². The number of hydrogen-bond acceptors (Lipinski definition) is 3. The van der Waals surface area contributed by atoms with Gasteiger partial charge < -0.3 is 34.9 Å². The van der Waals surface area contributed by atoms with Gasteiger partial charge in [0, 0.05) is 23.8 Å². The largest absolute Gasteiger partial charge is 2.00 e. The SMILES string of the molecule is CCCc1nccn1C(=O)NCCOc1c(Cl)cc(Cl)cc1Cl.[Cl-].[Cl-].[Mn+2]. The molecule has 1 aromatic carbocycles. The van der Waals surface area contributed by atoms with Crippen LogP contribution < -0.4 is 34.9 Å². The minimum atomic E-state index is -0.247. The summed E-state index contributed by atoms with van der Waals surface area (Å²) in [5.41, 5.74) is 0. The van der Waals surface area contributed by atoms with Gasteiger partial charge in [0.25, 0.3) is 0 Å². The number of aryl methyl sites for hydroxylation is 1. The number of rotatable bonds is 6. The van der Waals surface area contributed by atoms with Crippen LogP contribution in [0.3, 0.4) is 0 Å². The van der Waals surface area contributed by atoms with Gasteiger partial charge >= 0.3 is 23.1 Å². The Morgan fingerprint density at radius 1 is 1.23 bits per heavy atom. The summed E-state index contributed by atoms with van der Waals surface area (Å²) < 4.78 is 7.00. The van der Waals surface area contributed by atoms with E-state index in [9.17, 15) is 4.79 Å². The van der Waals surface area contributed by atoms with Crippen molar-refractivity contribution in [2.24, 2.45) is 0 Å². The maximum Gasteiger partial charge on any atom is 2.00 e. The zero-order chi connectivity index (χ0) is 16.8. The van der Waals surface area contributed by atoms with Crippen LogP contribution in [0.5, 0.6) is 5.75 Å². The van der Waals surface area contributed by atoms with Crippen LogP contribution in [-0.2, 0) is 23.5 Å². The van der Waals surface area contributed by atoms with E-state index in [-0.39, 0.29) is 54.5 Å². The average molecular weight is 503 g/mol. The van der Waals surface area contributed by atoms with Crippen LogP contribution in [0.4, 0.5) is 4.79 Å². The summed E-state index contributed by atoms with van der Waals surface area (Å²) >= 11 is 17.9. The van der Waals surface area contributed by atoms with Crippen molar-refractivity contribution in [2.75, 3.05) is 13.2 Å². The maximum atomic E-state index is 12.1. The van der Waals surface area contributed by atoms with E-state index in [2.05, 4.69) is 10.3 Å². The molecule has 0 atom stereocenters. The molecule has 2 aromatic rings. The molecular formula is C15H16Cl5MnN3O2. The molecular weight excluding hydrogens is 486 g/mol. The first-order chi connectivity index (χ1) is 11.0. The van der Waals surface area contributed by atoms with E-state index in [1.807, 2.05) is 6.92 Å². The molecule has 0 aliphatic rings. The van der Waals surface area contributed by atoms with Gasteiger partial charge in [-0.1, -0.05) is 41.7 Å². The first-order valence-electron chi connectivity index (χ1n) is 7.10. The second kappa shape index (κ2) is 13.8. The molecule has 0 spiro atoms. The molecule has 0 fully saturated rings. The van der Waals surface area contributed by atoms with Gasteiger partial charge in [0.2, 0.25) is 0 Å². The Hall–Kier alpha value is -0.331. The van der Waals surface area contributed by atoms with Crippen LogP contribution in [0.15, 0.2) is 24.5 Å². The Kier molecular flexibility index (Phi) is 14.8. The normalized spacial score (nSPS) is 9.38. The predicted molar refractivity (Wildman–Crippen MR) is 92.0 cm³/mol. The molecule has 0 unspecified atom stereocenters. The second-order valence-corrected chi connectivity index (χ2v) is 5.99. The minimum Gasteiger partial charge on any atom is -1.00 e. The first-order valence-corrected chi connectivity index (χ1v) is 8.24. The van der Waals surface area contributed by atoms with E-state index >= 15 is 0 Å². The monoisotopic (exact) mass is 500 g/mol. The Labute approximate surface area is 190 Å². The van der Waals surface area contributed by atoms with Crippen molar-refractivity contribution in [3.8, 4) is 5.75 Å². The van der Waals surface area contributed by atoms with Crippen molar-refractivity contribution in [3.63, 3.8) is 0 Å². The number of halogens is 5. The van der Waals surface area contributed by atoms with Crippen molar-refractivity contribution in [1.29, 1.82) is 0 Å². The maximum absolute atomic E-state index is 12.1. The van der Waals surface area contributed by atoms with Gasteiger partial charge in [-0.3, -0.25) is 4.57 Å². The minimum absolute atomic E-state index is 0. The predicted octanol–water partition coefficient (Wildman–Crippen LogP) is -1.56. The summed E-state index contributed by atoms with van der Waals surface area (Å²) in [6.07, 6.45) is 4.90.